The fourth-order valence-electron chi connectivity index (χ4n) is 1.13. The summed E-state index contributed by atoms with van der Waals surface area (Å²) in [5, 5.41) is 5.85. The molecule has 1 heterocycles. The lowest BCUT2D eigenvalue weighted by Crippen LogP contribution is -2.37. The number of aryl methyl sites for hydroxylation is 2. The molecular weight excluding hydrogens is 223 g/mol. The van der Waals surface area contributed by atoms with Gasteiger partial charge in [0.15, 0.2) is 0 Å². The molecule has 7 heteroatoms. The highest BCUT2D eigenvalue weighted by atomic mass is 19.4. The predicted molar refractivity (Wildman–Crippen MR) is 50.6 cm³/mol. The van der Waals surface area contributed by atoms with Crippen LogP contribution in [-0.2, 0) is 11.3 Å². The summed E-state index contributed by atoms with van der Waals surface area (Å²) in [4.78, 5) is 10.4. The van der Waals surface area contributed by atoms with Gasteiger partial charge in [-0.05, 0) is 19.4 Å². The molecule has 4 nitrogen and oxygen atoms in total. The molecule has 0 fully saturated rings. The summed E-state index contributed by atoms with van der Waals surface area (Å²) in [7, 11) is 0. The van der Waals surface area contributed by atoms with E-state index < -0.39 is 12.1 Å². The van der Waals surface area contributed by atoms with Gasteiger partial charge in [0.1, 0.15) is 0 Å². The van der Waals surface area contributed by atoms with Crippen molar-refractivity contribution in [2.45, 2.75) is 26.1 Å². The molecule has 1 rings (SSSR count). The monoisotopic (exact) mass is 235 g/mol. The smallest absolute Gasteiger partial charge is 0.348 e. The number of nitrogens with zero attached hydrogens (tertiary/aromatic N) is 2. The SMILES string of the molecule is Cc1ccn(CCCNC(=O)C(F)(F)F)n1. The average molecular weight is 235 g/mol. The molecule has 0 saturated heterocycles. The van der Waals surface area contributed by atoms with Crippen molar-refractivity contribution in [3.8, 4) is 0 Å². The van der Waals surface area contributed by atoms with Crippen molar-refractivity contribution >= 4 is 5.91 Å². The largest absolute Gasteiger partial charge is 0.471 e. The van der Waals surface area contributed by atoms with Crippen LogP contribution in [0, 0.1) is 6.92 Å². The second-order valence-corrected chi connectivity index (χ2v) is 3.33. The maximum absolute atomic E-state index is 11.8. The van der Waals surface area contributed by atoms with E-state index in [1.165, 1.54) is 0 Å². The Morgan fingerprint density at radius 1 is 1.56 bits per heavy atom. The van der Waals surface area contributed by atoms with Gasteiger partial charge >= 0.3 is 12.1 Å². The third kappa shape index (κ3) is 3.92. The third-order valence-corrected chi connectivity index (χ3v) is 1.88. The van der Waals surface area contributed by atoms with Gasteiger partial charge in [-0.15, -0.1) is 0 Å². The molecule has 16 heavy (non-hydrogen) atoms. The minimum atomic E-state index is -4.80. The Hall–Kier alpha value is -1.53. The van der Waals surface area contributed by atoms with E-state index >= 15 is 0 Å². The van der Waals surface area contributed by atoms with E-state index in [2.05, 4.69) is 5.10 Å². The first-order chi connectivity index (χ1) is 7.39. The van der Waals surface area contributed by atoms with Crippen molar-refractivity contribution in [1.82, 2.24) is 15.1 Å². The number of carbonyl (C=O) groups is 1. The van der Waals surface area contributed by atoms with Crippen LogP contribution in [0.1, 0.15) is 12.1 Å². The zero-order chi connectivity index (χ0) is 12.2. The number of carbonyl (C=O) groups excluding carboxylic acids is 1. The summed E-state index contributed by atoms with van der Waals surface area (Å²) in [5.74, 6) is -1.90. The molecule has 0 saturated carbocycles. The van der Waals surface area contributed by atoms with E-state index in [1.54, 1.807) is 22.3 Å². The lowest BCUT2D eigenvalue weighted by molar-refractivity contribution is -0.173. The van der Waals surface area contributed by atoms with E-state index in [4.69, 9.17) is 0 Å². The molecule has 1 aromatic heterocycles. The van der Waals surface area contributed by atoms with Gasteiger partial charge in [-0.25, -0.2) is 0 Å². The third-order valence-electron chi connectivity index (χ3n) is 1.88. The zero-order valence-corrected chi connectivity index (χ0v) is 8.71. The van der Waals surface area contributed by atoms with Crippen LogP contribution in [0.4, 0.5) is 13.2 Å². The van der Waals surface area contributed by atoms with E-state index in [1.807, 2.05) is 6.92 Å². The van der Waals surface area contributed by atoms with E-state index in [-0.39, 0.29) is 6.54 Å². The number of rotatable bonds is 4. The van der Waals surface area contributed by atoms with Gasteiger partial charge in [-0.1, -0.05) is 0 Å². The average Bonchev–Trinajstić information content (AvgIpc) is 2.57. The van der Waals surface area contributed by atoms with Crippen molar-refractivity contribution in [1.29, 1.82) is 0 Å². The van der Waals surface area contributed by atoms with Crippen LogP contribution in [0.3, 0.4) is 0 Å². The standard InChI is InChI=1S/C9H12F3N3O/c1-7-3-6-15(14-7)5-2-4-13-8(16)9(10,11)12/h3,6H,2,4-5H2,1H3,(H,13,16). The second kappa shape index (κ2) is 5.00. The van der Waals surface area contributed by atoms with Crippen LogP contribution >= 0.6 is 0 Å². The van der Waals surface area contributed by atoms with Crippen molar-refractivity contribution in [2.75, 3.05) is 6.54 Å². The topological polar surface area (TPSA) is 46.9 Å². The van der Waals surface area contributed by atoms with Crippen LogP contribution in [0.25, 0.3) is 0 Å². The Morgan fingerprint density at radius 3 is 2.75 bits per heavy atom. The molecule has 0 aliphatic heterocycles. The Morgan fingerprint density at radius 2 is 2.25 bits per heavy atom. The Kier molecular flexibility index (Phi) is 3.92. The van der Waals surface area contributed by atoms with E-state index in [0.29, 0.717) is 13.0 Å². The lowest BCUT2D eigenvalue weighted by Gasteiger charge is -2.07. The van der Waals surface area contributed by atoms with Gasteiger partial charge in [-0.2, -0.15) is 18.3 Å². The van der Waals surface area contributed by atoms with Gasteiger partial charge in [0.2, 0.25) is 0 Å². The molecule has 0 aliphatic rings. The normalized spacial score (nSPS) is 11.5. The molecule has 0 radical (unpaired) electrons. The quantitative estimate of drug-likeness (QED) is 0.798. The maximum Gasteiger partial charge on any atom is 0.471 e. The Bertz CT molecular complexity index is 359. The number of alkyl halides is 3. The number of aromatic nitrogens is 2. The molecule has 1 amide bonds. The van der Waals surface area contributed by atoms with Gasteiger partial charge in [-0.3, -0.25) is 9.48 Å². The fraction of sp³-hybridized carbons (Fsp3) is 0.556. The second-order valence-electron chi connectivity index (χ2n) is 3.33. The van der Waals surface area contributed by atoms with E-state index in [9.17, 15) is 18.0 Å². The summed E-state index contributed by atoms with van der Waals surface area (Å²) in [6.07, 6.45) is -2.66. The molecule has 0 atom stereocenters. The number of amides is 1. The minimum Gasteiger partial charge on any atom is -0.348 e. The number of halogens is 3. The summed E-state index contributed by atoms with van der Waals surface area (Å²) in [5.41, 5.74) is 0.847. The highest BCUT2D eigenvalue weighted by Crippen LogP contribution is 2.13. The van der Waals surface area contributed by atoms with Gasteiger partial charge in [0.05, 0.1) is 5.69 Å². The molecule has 1 aromatic rings. The Balaban J connectivity index is 2.20. The number of hydrogen-bond acceptors (Lipinski definition) is 2. The number of hydrogen-bond donors (Lipinski definition) is 1. The summed E-state index contributed by atoms with van der Waals surface area (Å²) >= 11 is 0. The van der Waals surface area contributed by atoms with Crippen LogP contribution in [0.2, 0.25) is 0 Å². The van der Waals surface area contributed by atoms with Crippen molar-refractivity contribution in [2.24, 2.45) is 0 Å². The first-order valence-corrected chi connectivity index (χ1v) is 4.74. The van der Waals surface area contributed by atoms with Crippen LogP contribution < -0.4 is 5.32 Å². The zero-order valence-electron chi connectivity index (χ0n) is 8.71. The number of nitrogens with one attached hydrogen (secondary N) is 1. The molecule has 0 aliphatic carbocycles. The van der Waals surface area contributed by atoms with Crippen LogP contribution in [0.15, 0.2) is 12.3 Å². The van der Waals surface area contributed by atoms with E-state index in [0.717, 1.165) is 5.69 Å². The highest BCUT2D eigenvalue weighted by Gasteiger charge is 2.38. The first kappa shape index (κ1) is 12.5. The summed E-state index contributed by atoms with van der Waals surface area (Å²) in [6, 6.07) is 1.80. The predicted octanol–water partition coefficient (Wildman–Crippen LogP) is 1.26. The van der Waals surface area contributed by atoms with Gasteiger partial charge < -0.3 is 5.32 Å². The van der Waals surface area contributed by atoms with Crippen LogP contribution in [-0.4, -0.2) is 28.4 Å². The molecule has 0 bridgehead atoms. The lowest BCUT2D eigenvalue weighted by atomic mass is 10.4. The Labute approximate surface area is 90.4 Å². The molecule has 0 aromatic carbocycles. The summed E-state index contributed by atoms with van der Waals surface area (Å²) in [6.45, 7) is 2.28. The molecule has 90 valence electrons. The minimum absolute atomic E-state index is 0.0166. The fourth-order valence-corrected chi connectivity index (χ4v) is 1.13. The van der Waals surface area contributed by atoms with Gasteiger partial charge in [0, 0.05) is 19.3 Å². The maximum atomic E-state index is 11.8. The highest BCUT2D eigenvalue weighted by molar-refractivity contribution is 5.81. The molecule has 0 spiro atoms. The van der Waals surface area contributed by atoms with Crippen molar-refractivity contribution < 1.29 is 18.0 Å². The molecule has 1 N–H and O–H groups in total. The van der Waals surface area contributed by atoms with Gasteiger partial charge in [0.25, 0.3) is 0 Å². The molecular formula is C9H12F3N3O. The summed E-state index contributed by atoms with van der Waals surface area (Å²) < 4.78 is 36.9. The van der Waals surface area contributed by atoms with Crippen LogP contribution in [0.5, 0.6) is 0 Å². The first-order valence-electron chi connectivity index (χ1n) is 4.74. The van der Waals surface area contributed by atoms with Crippen molar-refractivity contribution in [3.05, 3.63) is 18.0 Å². The molecule has 0 unspecified atom stereocenters. The van der Waals surface area contributed by atoms with Crippen molar-refractivity contribution in [3.63, 3.8) is 0 Å².